The minimum Gasteiger partial charge on any atom is -0.220 e. The van der Waals surface area contributed by atoms with E-state index in [-0.39, 0.29) is 17.5 Å². The Kier molecular flexibility index (Phi) is 10.0. The number of aryl methyl sites for hydroxylation is 2. The summed E-state index contributed by atoms with van der Waals surface area (Å²) in [6.07, 6.45) is 0.255. The molecule has 1 aliphatic rings. The fourth-order valence-corrected chi connectivity index (χ4v) is 16.6. The zero-order valence-electron chi connectivity index (χ0n) is 28.7. The lowest BCUT2D eigenvalue weighted by atomic mass is 9.94. The second-order valence-electron chi connectivity index (χ2n) is 12.8. The van der Waals surface area contributed by atoms with E-state index in [0.29, 0.717) is 24.4 Å². The minimum atomic E-state index is -5.02. The summed E-state index contributed by atoms with van der Waals surface area (Å²) in [5.41, 5.74) is -1.48. The van der Waals surface area contributed by atoms with Gasteiger partial charge in [0.2, 0.25) is 0 Å². The molecule has 0 spiro atoms. The molecule has 14 heteroatoms. The molecule has 1 atom stereocenters. The van der Waals surface area contributed by atoms with Crippen LogP contribution >= 0.6 is 111 Å². The topological polar surface area (TPSA) is 0 Å². The summed E-state index contributed by atoms with van der Waals surface area (Å²) in [7, 11) is 0. The maximum atomic E-state index is 17.7. The van der Waals surface area contributed by atoms with Crippen LogP contribution in [0.2, 0.25) is 0 Å². The first-order chi connectivity index (χ1) is 26.4. The third-order valence-electron chi connectivity index (χ3n) is 9.25. The molecule has 0 radical (unpaired) electrons. The summed E-state index contributed by atoms with van der Waals surface area (Å²) in [5.74, 6) is -9.83. The van der Waals surface area contributed by atoms with Crippen LogP contribution in [0.5, 0.6) is 0 Å². The van der Waals surface area contributed by atoms with E-state index in [1.807, 2.05) is 97.4 Å². The van der Waals surface area contributed by atoms with E-state index in [1.165, 1.54) is 68.0 Å². The molecule has 8 aromatic rings. The van der Waals surface area contributed by atoms with Gasteiger partial charge in [-0.25, -0.2) is 4.39 Å². The molecular formula is C41H26F5IS8. The molecule has 8 heterocycles. The molecule has 9 rings (SSSR count). The van der Waals surface area contributed by atoms with Crippen molar-refractivity contribution in [3.63, 3.8) is 0 Å². The number of alkyl halides is 6. The fourth-order valence-electron chi connectivity index (χ4n) is 6.70. The number of halogens is 6. The molecule has 280 valence electrons. The van der Waals surface area contributed by atoms with Crippen LogP contribution in [-0.2, 0) is 6.42 Å². The van der Waals surface area contributed by atoms with E-state index in [0.717, 1.165) is 43.9 Å². The predicted molar refractivity (Wildman–Crippen MR) is 243 cm³/mol. The molecule has 8 aromatic heterocycles. The van der Waals surface area contributed by atoms with Crippen LogP contribution in [0.4, 0.5) is 22.0 Å². The first-order valence-electron chi connectivity index (χ1n) is 16.6. The van der Waals surface area contributed by atoms with Gasteiger partial charge in [-0.05, 0) is 103 Å². The van der Waals surface area contributed by atoms with Crippen LogP contribution < -0.4 is 0 Å². The van der Waals surface area contributed by atoms with Crippen LogP contribution in [0.1, 0.15) is 30.6 Å². The predicted octanol–water partition coefficient (Wildman–Crippen LogP) is 17.0. The van der Waals surface area contributed by atoms with Crippen molar-refractivity contribution in [1.82, 2.24) is 0 Å². The lowest BCUT2D eigenvalue weighted by molar-refractivity contribution is -0.191. The summed E-state index contributed by atoms with van der Waals surface area (Å²) >= 11 is 9.52. The molecular weight excluding hydrogens is 971 g/mol. The van der Waals surface area contributed by atoms with Gasteiger partial charge in [-0.15, -0.1) is 90.7 Å². The largest absolute Gasteiger partial charge is 0.360 e. The Morgan fingerprint density at radius 2 is 1.09 bits per heavy atom. The average molecular weight is 997 g/mol. The van der Waals surface area contributed by atoms with Gasteiger partial charge in [0.1, 0.15) is 0 Å². The SMILES string of the molecule is C=IC1(F)C(c2cc(-c3ccc(-c4cccs4)s3)sc2-c2ccc(C)s2)=C(c2cc(-c3ccc(-c4cccs4)s3)sc2Cc2ccc(C)s2)C(F)(F)C1(F)F. The highest BCUT2D eigenvalue weighted by molar-refractivity contribution is 14.2. The van der Waals surface area contributed by atoms with E-state index in [9.17, 15) is 0 Å². The Labute approximate surface area is 356 Å². The van der Waals surface area contributed by atoms with Crippen molar-refractivity contribution >= 4 is 127 Å². The molecule has 0 aromatic carbocycles. The van der Waals surface area contributed by atoms with Gasteiger partial charge in [-0.3, -0.25) is 0 Å². The summed E-state index contributed by atoms with van der Waals surface area (Å²) < 4.78 is 84.9. The van der Waals surface area contributed by atoms with E-state index < -0.39 is 47.4 Å². The number of hydrogen-bond acceptors (Lipinski definition) is 8. The Bertz CT molecular complexity index is 2710. The Morgan fingerprint density at radius 1 is 0.545 bits per heavy atom. The maximum absolute atomic E-state index is 17.7. The average Bonchev–Trinajstić information content (AvgIpc) is 4.00. The normalized spacial score (nSPS) is 17.9. The fraction of sp³-hybridized carbons (Fsp3) is 0.146. The lowest BCUT2D eigenvalue weighted by Crippen LogP contribution is -2.48. The number of thiophene rings is 8. The Morgan fingerprint density at radius 3 is 1.62 bits per heavy atom. The summed E-state index contributed by atoms with van der Waals surface area (Å²) in [6, 6.07) is 26.8. The van der Waals surface area contributed by atoms with Gasteiger partial charge in [0, 0.05) is 86.5 Å². The highest BCUT2D eigenvalue weighted by Gasteiger charge is 2.78. The molecule has 1 aliphatic carbocycles. The molecule has 0 fully saturated rings. The molecule has 55 heavy (non-hydrogen) atoms. The number of rotatable bonds is 10. The monoisotopic (exact) mass is 996 g/mol. The molecule has 0 saturated carbocycles. The van der Waals surface area contributed by atoms with E-state index >= 15 is 22.0 Å². The van der Waals surface area contributed by atoms with Crippen molar-refractivity contribution in [3.05, 3.63) is 126 Å². The van der Waals surface area contributed by atoms with Crippen molar-refractivity contribution in [2.75, 3.05) is 0 Å². The maximum Gasteiger partial charge on any atom is 0.360 e. The van der Waals surface area contributed by atoms with Crippen molar-refractivity contribution < 1.29 is 22.0 Å². The smallest absolute Gasteiger partial charge is 0.220 e. The summed E-state index contributed by atoms with van der Waals surface area (Å²) in [4.78, 5) is 11.9. The van der Waals surface area contributed by atoms with Gasteiger partial charge in [0.05, 0.1) is 4.88 Å². The van der Waals surface area contributed by atoms with Crippen LogP contribution in [-0.4, -0.2) is 20.0 Å². The minimum absolute atomic E-state index is 0.0223. The molecule has 1 unspecified atom stereocenters. The van der Waals surface area contributed by atoms with Gasteiger partial charge in [0.25, 0.3) is 3.68 Å². The highest BCUT2D eigenvalue weighted by Crippen LogP contribution is 2.69. The summed E-state index contributed by atoms with van der Waals surface area (Å²) in [5, 5.41) is 3.99. The van der Waals surface area contributed by atoms with Crippen molar-refractivity contribution in [1.29, 1.82) is 0 Å². The van der Waals surface area contributed by atoms with Gasteiger partial charge in [0.15, 0.2) is 0 Å². The zero-order valence-corrected chi connectivity index (χ0v) is 37.4. The lowest BCUT2D eigenvalue weighted by Gasteiger charge is -2.29. The first kappa shape index (κ1) is 38.1. The summed E-state index contributed by atoms with van der Waals surface area (Å²) in [6.45, 7) is 3.89. The van der Waals surface area contributed by atoms with Crippen LogP contribution in [0.15, 0.2) is 95.7 Å². The van der Waals surface area contributed by atoms with E-state index in [1.54, 1.807) is 34.8 Å². The second kappa shape index (κ2) is 14.5. The second-order valence-corrected chi connectivity index (χ2v) is 24.0. The molecule has 0 saturated heterocycles. The van der Waals surface area contributed by atoms with Crippen molar-refractivity contribution in [2.24, 2.45) is 0 Å². The first-order valence-corrected chi connectivity index (χ1v) is 25.9. The van der Waals surface area contributed by atoms with Gasteiger partial charge < -0.3 is 0 Å². The van der Waals surface area contributed by atoms with Gasteiger partial charge in [-0.2, -0.15) is 17.6 Å². The van der Waals surface area contributed by atoms with E-state index in [4.69, 9.17) is 0 Å². The number of allylic oxidation sites excluding steroid dienone is 2. The number of hydrogen-bond donors (Lipinski definition) is 0. The van der Waals surface area contributed by atoms with Gasteiger partial charge >= 0.3 is 11.8 Å². The van der Waals surface area contributed by atoms with Crippen LogP contribution in [0.25, 0.3) is 59.9 Å². The third kappa shape index (κ3) is 6.42. The molecule has 0 nitrogen and oxygen atoms in total. The Balaban J connectivity index is 1.31. The van der Waals surface area contributed by atoms with Crippen LogP contribution in [0.3, 0.4) is 0 Å². The molecule has 0 aliphatic heterocycles. The third-order valence-corrected chi connectivity index (χ3v) is 20.7. The molecule has 0 bridgehead atoms. The molecule has 0 N–H and O–H groups in total. The van der Waals surface area contributed by atoms with Crippen LogP contribution in [0, 0.1) is 13.8 Å². The quantitative estimate of drug-likeness (QED) is 0.0728. The standard InChI is InChI=1S/C41H26F5IS8/c1-21-8-10-23(50-21)18-33-24(19-34(54-33)30-14-12-28(52-30)26-6-4-16-48-26)36-37(40(44,47-3)41(45,46)39(36,42)43)25-20-35(55-38(25)32-11-9-22(2)51-32)31-15-13-29(53-31)27-7-5-17-49-27/h4-17,19-20H,3,18H2,1-2H3. The Hall–Kier alpha value is -2.41. The van der Waals surface area contributed by atoms with Crippen molar-refractivity contribution in [2.45, 2.75) is 35.8 Å². The van der Waals surface area contributed by atoms with E-state index in [2.05, 4.69) is 4.51 Å². The van der Waals surface area contributed by atoms with Gasteiger partial charge in [-0.1, -0.05) is 37.4 Å². The molecule has 0 amide bonds. The zero-order chi connectivity index (χ0) is 38.3. The van der Waals surface area contributed by atoms with Crippen molar-refractivity contribution in [3.8, 4) is 48.8 Å². The highest BCUT2D eigenvalue weighted by atomic mass is 127.